The average molecular weight is 272 g/mol. The van der Waals surface area contributed by atoms with E-state index in [2.05, 4.69) is 4.98 Å². The van der Waals surface area contributed by atoms with Crippen molar-refractivity contribution in [3.05, 3.63) is 41.0 Å². The molecule has 2 rings (SSSR count). The highest BCUT2D eigenvalue weighted by atomic mass is 35.5. The van der Waals surface area contributed by atoms with Crippen LogP contribution in [0.25, 0.3) is 10.9 Å². The van der Waals surface area contributed by atoms with Crippen molar-refractivity contribution in [3.63, 3.8) is 0 Å². The van der Waals surface area contributed by atoms with Gasteiger partial charge in [-0.15, -0.1) is 11.6 Å². The van der Waals surface area contributed by atoms with Crippen LogP contribution in [0.1, 0.15) is 11.7 Å². The molecule has 0 aliphatic rings. The SMILES string of the molecule is OC(CCl)C(O)c1ccnc2cc(Cl)ccc12. The van der Waals surface area contributed by atoms with Crippen LogP contribution < -0.4 is 0 Å². The zero-order valence-electron chi connectivity index (χ0n) is 8.85. The van der Waals surface area contributed by atoms with Crippen molar-refractivity contribution in [1.82, 2.24) is 4.98 Å². The van der Waals surface area contributed by atoms with Crippen molar-refractivity contribution in [2.45, 2.75) is 12.2 Å². The van der Waals surface area contributed by atoms with E-state index >= 15 is 0 Å². The first-order valence-electron chi connectivity index (χ1n) is 5.09. The molecule has 0 amide bonds. The van der Waals surface area contributed by atoms with Gasteiger partial charge in [-0.2, -0.15) is 0 Å². The van der Waals surface area contributed by atoms with Gasteiger partial charge in [-0.05, 0) is 23.8 Å². The van der Waals surface area contributed by atoms with Crippen LogP contribution in [0.5, 0.6) is 0 Å². The third kappa shape index (κ3) is 2.53. The summed E-state index contributed by atoms with van der Waals surface area (Å²) in [6.45, 7) is 0. The monoisotopic (exact) mass is 271 g/mol. The van der Waals surface area contributed by atoms with E-state index in [9.17, 15) is 10.2 Å². The van der Waals surface area contributed by atoms with Crippen molar-refractivity contribution in [1.29, 1.82) is 0 Å². The number of alkyl halides is 1. The molecule has 1 aromatic heterocycles. The third-order valence-electron chi connectivity index (χ3n) is 2.58. The molecule has 90 valence electrons. The fourth-order valence-corrected chi connectivity index (χ4v) is 2.03. The summed E-state index contributed by atoms with van der Waals surface area (Å²) >= 11 is 11.4. The maximum absolute atomic E-state index is 9.96. The fraction of sp³-hybridized carbons (Fsp3) is 0.250. The highest BCUT2D eigenvalue weighted by molar-refractivity contribution is 6.31. The van der Waals surface area contributed by atoms with Crippen LogP contribution >= 0.6 is 23.2 Å². The molecule has 5 heteroatoms. The van der Waals surface area contributed by atoms with Gasteiger partial charge in [0.25, 0.3) is 0 Å². The van der Waals surface area contributed by atoms with Gasteiger partial charge in [0.1, 0.15) is 6.10 Å². The van der Waals surface area contributed by atoms with E-state index in [4.69, 9.17) is 23.2 Å². The Labute approximate surface area is 109 Å². The number of hydrogen-bond donors (Lipinski definition) is 2. The molecule has 0 saturated heterocycles. The number of hydrogen-bond acceptors (Lipinski definition) is 3. The number of fused-ring (bicyclic) bond motifs is 1. The van der Waals surface area contributed by atoms with E-state index in [-0.39, 0.29) is 5.88 Å². The molecule has 2 unspecified atom stereocenters. The standard InChI is InChI=1S/C12H11Cl2NO2/c13-6-11(16)12(17)9-3-4-15-10-5-7(14)1-2-8(9)10/h1-5,11-12,16-17H,6H2. The zero-order valence-corrected chi connectivity index (χ0v) is 10.4. The molecule has 1 aromatic carbocycles. The molecule has 2 N–H and O–H groups in total. The second-order valence-electron chi connectivity index (χ2n) is 3.73. The lowest BCUT2D eigenvalue weighted by Crippen LogP contribution is -2.20. The summed E-state index contributed by atoms with van der Waals surface area (Å²) in [5.41, 5.74) is 1.27. The number of aliphatic hydroxyl groups excluding tert-OH is 2. The van der Waals surface area contributed by atoms with Crippen molar-refractivity contribution >= 4 is 34.1 Å². The van der Waals surface area contributed by atoms with E-state index in [0.717, 1.165) is 5.39 Å². The molecule has 0 radical (unpaired) electrons. The Morgan fingerprint density at radius 2 is 2.00 bits per heavy atom. The Morgan fingerprint density at radius 3 is 2.71 bits per heavy atom. The highest BCUT2D eigenvalue weighted by Crippen LogP contribution is 2.27. The predicted octanol–water partition coefficient (Wildman–Crippen LogP) is 2.52. The Hall–Kier alpha value is -0.870. The molecule has 0 saturated carbocycles. The topological polar surface area (TPSA) is 53.4 Å². The zero-order chi connectivity index (χ0) is 12.4. The van der Waals surface area contributed by atoms with Gasteiger partial charge in [0, 0.05) is 16.6 Å². The molecule has 0 bridgehead atoms. The van der Waals surface area contributed by atoms with Crippen LogP contribution in [0.15, 0.2) is 30.5 Å². The third-order valence-corrected chi connectivity index (χ3v) is 3.13. The van der Waals surface area contributed by atoms with Crippen LogP contribution in [0.2, 0.25) is 5.02 Å². The lowest BCUT2D eigenvalue weighted by molar-refractivity contribution is 0.0336. The lowest BCUT2D eigenvalue weighted by atomic mass is 10.0. The quantitative estimate of drug-likeness (QED) is 0.844. The summed E-state index contributed by atoms with van der Waals surface area (Å²) in [7, 11) is 0. The number of aliphatic hydroxyl groups is 2. The van der Waals surface area contributed by atoms with E-state index in [0.29, 0.717) is 16.1 Å². The average Bonchev–Trinajstić information content (AvgIpc) is 2.35. The molecule has 17 heavy (non-hydrogen) atoms. The van der Waals surface area contributed by atoms with Crippen LogP contribution in [-0.4, -0.2) is 27.2 Å². The van der Waals surface area contributed by atoms with Crippen LogP contribution in [0.4, 0.5) is 0 Å². The van der Waals surface area contributed by atoms with E-state index < -0.39 is 12.2 Å². The van der Waals surface area contributed by atoms with Crippen molar-refractivity contribution in [2.24, 2.45) is 0 Å². The van der Waals surface area contributed by atoms with Crippen LogP contribution in [0, 0.1) is 0 Å². The van der Waals surface area contributed by atoms with E-state index in [1.54, 1.807) is 30.5 Å². The van der Waals surface area contributed by atoms with Crippen molar-refractivity contribution in [3.8, 4) is 0 Å². The molecule has 1 heterocycles. The first-order valence-corrected chi connectivity index (χ1v) is 6.01. The van der Waals surface area contributed by atoms with Crippen LogP contribution in [0.3, 0.4) is 0 Å². The summed E-state index contributed by atoms with van der Waals surface area (Å²) in [5.74, 6) is -0.0292. The predicted molar refractivity (Wildman–Crippen MR) is 68.4 cm³/mol. The van der Waals surface area contributed by atoms with Gasteiger partial charge in [0.05, 0.1) is 17.5 Å². The number of pyridine rings is 1. The smallest absolute Gasteiger partial charge is 0.107 e. The largest absolute Gasteiger partial charge is 0.389 e. The molecule has 0 fully saturated rings. The van der Waals surface area contributed by atoms with Gasteiger partial charge in [0.15, 0.2) is 0 Å². The number of nitrogens with zero attached hydrogens (tertiary/aromatic N) is 1. The second-order valence-corrected chi connectivity index (χ2v) is 4.47. The Balaban J connectivity index is 2.54. The maximum Gasteiger partial charge on any atom is 0.107 e. The summed E-state index contributed by atoms with van der Waals surface area (Å²) in [6.07, 6.45) is -0.463. The molecule has 0 aliphatic carbocycles. The fourth-order valence-electron chi connectivity index (χ4n) is 1.69. The molecule has 2 atom stereocenters. The maximum atomic E-state index is 9.96. The number of aromatic nitrogens is 1. The minimum Gasteiger partial charge on any atom is -0.389 e. The minimum atomic E-state index is -1.03. The molecule has 3 nitrogen and oxygen atoms in total. The number of benzene rings is 1. The molecular weight excluding hydrogens is 261 g/mol. The van der Waals surface area contributed by atoms with E-state index in [1.165, 1.54) is 0 Å². The highest BCUT2D eigenvalue weighted by Gasteiger charge is 2.19. The lowest BCUT2D eigenvalue weighted by Gasteiger charge is -2.17. The number of rotatable bonds is 3. The Morgan fingerprint density at radius 1 is 1.24 bits per heavy atom. The minimum absolute atomic E-state index is 0.0292. The summed E-state index contributed by atoms with van der Waals surface area (Å²) in [6, 6.07) is 6.86. The normalized spacial score (nSPS) is 14.8. The Bertz CT molecular complexity index is 533. The van der Waals surface area contributed by atoms with Gasteiger partial charge < -0.3 is 10.2 Å². The van der Waals surface area contributed by atoms with Gasteiger partial charge in [0.2, 0.25) is 0 Å². The number of halogens is 2. The molecule has 0 spiro atoms. The molecule has 2 aromatic rings. The second kappa shape index (κ2) is 5.19. The molecular formula is C12H11Cl2NO2. The summed E-state index contributed by atoms with van der Waals surface area (Å²) in [4.78, 5) is 4.16. The van der Waals surface area contributed by atoms with Crippen molar-refractivity contribution < 1.29 is 10.2 Å². The van der Waals surface area contributed by atoms with Gasteiger partial charge >= 0.3 is 0 Å². The molecule has 0 aliphatic heterocycles. The Kier molecular flexibility index (Phi) is 3.84. The van der Waals surface area contributed by atoms with Crippen LogP contribution in [-0.2, 0) is 0 Å². The van der Waals surface area contributed by atoms with Gasteiger partial charge in [-0.3, -0.25) is 4.98 Å². The van der Waals surface area contributed by atoms with E-state index in [1.807, 2.05) is 0 Å². The summed E-state index contributed by atoms with van der Waals surface area (Å²) < 4.78 is 0. The van der Waals surface area contributed by atoms with Gasteiger partial charge in [-0.25, -0.2) is 0 Å². The van der Waals surface area contributed by atoms with Gasteiger partial charge in [-0.1, -0.05) is 17.7 Å². The first-order chi connectivity index (χ1) is 8.13. The van der Waals surface area contributed by atoms with Crippen molar-refractivity contribution in [2.75, 3.05) is 5.88 Å². The summed E-state index contributed by atoms with van der Waals surface area (Å²) in [5, 5.41) is 20.9. The first kappa shape index (κ1) is 12.6.